The number of rotatable bonds is 4. The van der Waals surface area contributed by atoms with E-state index in [1.165, 1.54) is 29.1 Å². The number of likely N-dealkylation sites (tertiary alicyclic amines) is 1. The monoisotopic (exact) mass is 405 g/mol. The number of nitrogens with one attached hydrogen (secondary N) is 2. The van der Waals surface area contributed by atoms with Crippen molar-refractivity contribution in [1.29, 1.82) is 0 Å². The number of hydrogen-bond donors (Lipinski definition) is 2. The second kappa shape index (κ2) is 8.78. The highest BCUT2D eigenvalue weighted by Crippen LogP contribution is 2.28. The minimum Gasteiger partial charge on any atom is -0.342 e. The molecule has 8 heteroatoms. The number of anilines is 1. The fraction of sp³-hybridized carbons (Fsp3) is 0.750. The molecule has 2 aliphatic heterocycles. The van der Waals surface area contributed by atoms with Crippen LogP contribution in [0.2, 0.25) is 0 Å². The molecular weight excluding hydrogens is 374 g/mol. The predicted molar refractivity (Wildman–Crippen MR) is 110 cm³/mol. The Morgan fingerprint density at radius 3 is 2.64 bits per heavy atom. The number of thiazole rings is 1. The summed E-state index contributed by atoms with van der Waals surface area (Å²) >= 11 is 1.54. The number of piperidine rings is 1. The lowest BCUT2D eigenvalue weighted by Gasteiger charge is -2.33. The zero-order chi connectivity index (χ0) is 19.5. The van der Waals surface area contributed by atoms with Crippen LogP contribution in [0.25, 0.3) is 0 Å². The molecule has 1 saturated carbocycles. The van der Waals surface area contributed by atoms with E-state index in [-0.39, 0.29) is 11.9 Å². The highest BCUT2D eigenvalue weighted by atomic mass is 32.1. The van der Waals surface area contributed by atoms with Crippen molar-refractivity contribution in [1.82, 2.24) is 20.1 Å². The topological polar surface area (TPSA) is 77.6 Å². The summed E-state index contributed by atoms with van der Waals surface area (Å²) in [5.74, 6) is 0.977. The molecule has 1 saturated heterocycles. The lowest BCUT2D eigenvalue weighted by molar-refractivity contribution is -0.133. The van der Waals surface area contributed by atoms with Gasteiger partial charge in [0.25, 0.3) is 0 Å². The molecule has 1 aliphatic carbocycles. The zero-order valence-electron chi connectivity index (χ0n) is 16.7. The first-order valence-corrected chi connectivity index (χ1v) is 11.4. The number of nitrogens with zero attached hydrogens (tertiary/aromatic N) is 3. The molecule has 2 fully saturated rings. The third kappa shape index (κ3) is 4.84. The predicted octanol–water partition coefficient (Wildman–Crippen LogP) is 2.82. The summed E-state index contributed by atoms with van der Waals surface area (Å²) in [5, 5.41) is 6.60. The Bertz CT molecular complexity index is 707. The number of amides is 3. The number of hydrogen-bond acceptors (Lipinski definition) is 5. The van der Waals surface area contributed by atoms with Crippen molar-refractivity contribution in [2.45, 2.75) is 64.5 Å². The van der Waals surface area contributed by atoms with Crippen molar-refractivity contribution in [2.24, 2.45) is 5.92 Å². The summed E-state index contributed by atoms with van der Waals surface area (Å²) in [6.45, 7) is 6.12. The maximum absolute atomic E-state index is 12.6. The summed E-state index contributed by atoms with van der Waals surface area (Å²) in [6.07, 6.45) is 7.60. The van der Waals surface area contributed by atoms with Crippen LogP contribution >= 0.6 is 11.3 Å². The van der Waals surface area contributed by atoms with Gasteiger partial charge in [0.15, 0.2) is 5.13 Å². The zero-order valence-corrected chi connectivity index (χ0v) is 17.5. The van der Waals surface area contributed by atoms with Gasteiger partial charge in [-0.25, -0.2) is 9.78 Å². The van der Waals surface area contributed by atoms with E-state index < -0.39 is 0 Å². The van der Waals surface area contributed by atoms with Crippen molar-refractivity contribution >= 4 is 28.4 Å². The average Bonchev–Trinajstić information content (AvgIpc) is 3.31. The SMILES string of the molecule is CC1CCN(C(=O)CN2CCc3nc(NC(=O)NC4CCCC4)sc3C2)CC1. The van der Waals surface area contributed by atoms with Gasteiger partial charge in [-0.1, -0.05) is 19.8 Å². The van der Waals surface area contributed by atoms with Crippen LogP contribution in [0.1, 0.15) is 56.0 Å². The smallest absolute Gasteiger partial charge is 0.321 e. The molecule has 154 valence electrons. The van der Waals surface area contributed by atoms with Gasteiger partial charge >= 0.3 is 6.03 Å². The Morgan fingerprint density at radius 1 is 1.14 bits per heavy atom. The third-order valence-electron chi connectivity index (χ3n) is 6.22. The first-order chi connectivity index (χ1) is 13.6. The Hall–Kier alpha value is -1.67. The second-order valence-electron chi connectivity index (χ2n) is 8.49. The molecule has 28 heavy (non-hydrogen) atoms. The first-order valence-electron chi connectivity index (χ1n) is 10.6. The van der Waals surface area contributed by atoms with E-state index in [1.54, 1.807) is 0 Å². The molecular formula is C20H31N5O2S. The number of carbonyl (C=O) groups excluding carboxylic acids is 2. The van der Waals surface area contributed by atoms with Gasteiger partial charge in [-0.3, -0.25) is 15.0 Å². The Kier molecular flexibility index (Phi) is 6.16. The minimum atomic E-state index is -0.149. The van der Waals surface area contributed by atoms with E-state index >= 15 is 0 Å². The lowest BCUT2D eigenvalue weighted by atomic mass is 9.99. The first kappa shape index (κ1) is 19.6. The van der Waals surface area contributed by atoms with Gasteiger partial charge in [0, 0.05) is 43.5 Å². The fourth-order valence-corrected chi connectivity index (χ4v) is 5.42. The van der Waals surface area contributed by atoms with Crippen molar-refractivity contribution in [2.75, 3.05) is 31.5 Å². The number of urea groups is 1. The molecule has 0 unspecified atom stereocenters. The van der Waals surface area contributed by atoms with E-state index in [0.29, 0.717) is 17.7 Å². The lowest BCUT2D eigenvalue weighted by Crippen LogP contribution is -2.44. The summed E-state index contributed by atoms with van der Waals surface area (Å²) < 4.78 is 0. The van der Waals surface area contributed by atoms with Crippen molar-refractivity contribution < 1.29 is 9.59 Å². The Balaban J connectivity index is 1.28. The van der Waals surface area contributed by atoms with Crippen LogP contribution in [-0.2, 0) is 17.8 Å². The minimum absolute atomic E-state index is 0.149. The van der Waals surface area contributed by atoms with Gasteiger partial charge in [0.2, 0.25) is 5.91 Å². The fourth-order valence-electron chi connectivity index (χ4n) is 4.37. The highest BCUT2D eigenvalue weighted by Gasteiger charge is 2.26. The molecule has 2 N–H and O–H groups in total. The van der Waals surface area contributed by atoms with E-state index in [0.717, 1.165) is 69.9 Å². The molecule has 7 nitrogen and oxygen atoms in total. The summed E-state index contributed by atoms with van der Waals surface area (Å²) in [7, 11) is 0. The van der Waals surface area contributed by atoms with Crippen LogP contribution in [0.5, 0.6) is 0 Å². The molecule has 1 aromatic heterocycles. The molecule has 3 heterocycles. The Labute approximate surface area is 170 Å². The van der Waals surface area contributed by atoms with E-state index in [9.17, 15) is 9.59 Å². The van der Waals surface area contributed by atoms with Crippen molar-refractivity contribution in [3.05, 3.63) is 10.6 Å². The molecule has 0 aromatic carbocycles. The van der Waals surface area contributed by atoms with Crippen LogP contribution in [0.3, 0.4) is 0 Å². The van der Waals surface area contributed by atoms with Crippen LogP contribution in [0.15, 0.2) is 0 Å². The summed E-state index contributed by atoms with van der Waals surface area (Å²) in [6, 6.07) is 0.151. The van der Waals surface area contributed by atoms with Crippen LogP contribution in [-0.4, -0.2) is 58.9 Å². The number of aromatic nitrogens is 1. The van der Waals surface area contributed by atoms with Gasteiger partial charge in [-0.2, -0.15) is 0 Å². The average molecular weight is 406 g/mol. The van der Waals surface area contributed by atoms with Gasteiger partial charge < -0.3 is 10.2 Å². The van der Waals surface area contributed by atoms with Crippen molar-refractivity contribution in [3.8, 4) is 0 Å². The Morgan fingerprint density at radius 2 is 1.89 bits per heavy atom. The highest BCUT2D eigenvalue weighted by molar-refractivity contribution is 7.15. The van der Waals surface area contributed by atoms with Crippen LogP contribution in [0.4, 0.5) is 9.93 Å². The van der Waals surface area contributed by atoms with Gasteiger partial charge in [0.05, 0.1) is 12.2 Å². The van der Waals surface area contributed by atoms with E-state index in [2.05, 4.69) is 27.4 Å². The van der Waals surface area contributed by atoms with Crippen LogP contribution in [0, 0.1) is 5.92 Å². The molecule has 4 rings (SSSR count). The quantitative estimate of drug-likeness (QED) is 0.808. The van der Waals surface area contributed by atoms with Crippen molar-refractivity contribution in [3.63, 3.8) is 0 Å². The maximum atomic E-state index is 12.6. The molecule has 0 atom stereocenters. The van der Waals surface area contributed by atoms with Gasteiger partial charge in [-0.15, -0.1) is 11.3 Å². The molecule has 3 aliphatic rings. The normalized spacial score (nSPS) is 21.5. The largest absolute Gasteiger partial charge is 0.342 e. The van der Waals surface area contributed by atoms with Crippen LogP contribution < -0.4 is 10.6 Å². The van der Waals surface area contributed by atoms with E-state index in [1.807, 2.05) is 4.90 Å². The number of fused-ring (bicyclic) bond motifs is 1. The molecule has 0 radical (unpaired) electrons. The van der Waals surface area contributed by atoms with Gasteiger partial charge in [-0.05, 0) is 31.6 Å². The standard InChI is InChI=1S/C20H31N5O2S/c1-14-6-10-25(11-7-14)18(26)13-24-9-8-16-17(12-24)28-20(22-16)23-19(27)21-15-4-2-3-5-15/h14-15H,2-13H2,1H3,(H2,21,22,23,27). The van der Waals surface area contributed by atoms with E-state index in [4.69, 9.17) is 0 Å². The molecule has 1 aromatic rings. The summed E-state index contributed by atoms with van der Waals surface area (Å²) in [4.78, 5) is 34.8. The third-order valence-corrected chi connectivity index (χ3v) is 7.21. The van der Waals surface area contributed by atoms with Gasteiger partial charge in [0.1, 0.15) is 0 Å². The molecule has 0 bridgehead atoms. The molecule has 0 spiro atoms. The second-order valence-corrected chi connectivity index (χ2v) is 9.58. The molecule has 3 amide bonds. The summed E-state index contributed by atoms with van der Waals surface area (Å²) in [5.41, 5.74) is 1.07. The number of carbonyl (C=O) groups is 2. The maximum Gasteiger partial charge on any atom is 0.321 e.